The van der Waals surface area contributed by atoms with Crippen LogP contribution < -0.4 is 0 Å². The number of amides is 1. The highest BCUT2D eigenvalue weighted by Gasteiger charge is 2.36. The van der Waals surface area contributed by atoms with Crippen LogP contribution in [0.2, 0.25) is 0 Å². The lowest BCUT2D eigenvalue weighted by atomic mass is 10.2. The minimum Gasteiger partial charge on any atom is -0.274 e. The number of nitriles is 1. The molecular formula is C12H14N2O2S. The second-order valence-corrected chi connectivity index (χ2v) is 5.23. The van der Waals surface area contributed by atoms with Crippen molar-refractivity contribution in [2.24, 2.45) is 5.92 Å². The maximum atomic E-state index is 12.0. The summed E-state index contributed by atoms with van der Waals surface area (Å²) in [5.74, 6) is 0.180. The van der Waals surface area contributed by atoms with E-state index in [-0.39, 0.29) is 17.9 Å². The van der Waals surface area contributed by atoms with E-state index in [9.17, 15) is 4.79 Å². The summed E-state index contributed by atoms with van der Waals surface area (Å²) in [6.45, 7) is 1.91. The van der Waals surface area contributed by atoms with Gasteiger partial charge >= 0.3 is 0 Å². The quantitative estimate of drug-likeness (QED) is 0.771. The van der Waals surface area contributed by atoms with Crippen molar-refractivity contribution in [1.29, 1.82) is 5.26 Å². The molecule has 90 valence electrons. The minimum absolute atomic E-state index is 0.0481. The number of thiophene rings is 1. The molecule has 1 heterocycles. The molecule has 1 aliphatic carbocycles. The van der Waals surface area contributed by atoms with Gasteiger partial charge in [-0.05, 0) is 31.9 Å². The third-order valence-corrected chi connectivity index (χ3v) is 4.00. The molecule has 0 aromatic carbocycles. The first-order valence-electron chi connectivity index (χ1n) is 5.54. The molecule has 1 unspecified atom stereocenters. The van der Waals surface area contributed by atoms with E-state index in [4.69, 9.17) is 10.1 Å². The van der Waals surface area contributed by atoms with Gasteiger partial charge in [0.15, 0.2) is 0 Å². The molecule has 17 heavy (non-hydrogen) atoms. The van der Waals surface area contributed by atoms with Crippen LogP contribution >= 0.6 is 11.3 Å². The number of carbonyl (C=O) groups excluding carboxylic acids is 1. The number of hydrogen-bond donors (Lipinski definition) is 0. The van der Waals surface area contributed by atoms with Crippen molar-refractivity contribution in [2.45, 2.75) is 25.8 Å². The maximum absolute atomic E-state index is 12.0. The standard InChI is InChI=1S/C12H14N2O2S/c1-8(11-6-5-10(7-13)17-11)14(16-2)12(15)9-3-4-9/h5-6,8-9H,3-4H2,1-2H3. The summed E-state index contributed by atoms with van der Waals surface area (Å²) in [4.78, 5) is 18.8. The summed E-state index contributed by atoms with van der Waals surface area (Å²) in [6.07, 6.45) is 1.92. The van der Waals surface area contributed by atoms with Crippen LogP contribution in [0.15, 0.2) is 12.1 Å². The topological polar surface area (TPSA) is 53.3 Å². The number of hydroxylamine groups is 2. The third kappa shape index (κ3) is 2.48. The van der Waals surface area contributed by atoms with E-state index < -0.39 is 0 Å². The fourth-order valence-corrected chi connectivity index (χ4v) is 2.54. The van der Waals surface area contributed by atoms with E-state index >= 15 is 0 Å². The van der Waals surface area contributed by atoms with E-state index in [1.165, 1.54) is 23.5 Å². The Hall–Kier alpha value is -1.38. The highest BCUT2D eigenvalue weighted by atomic mass is 32.1. The predicted octanol–water partition coefficient (Wildman–Crippen LogP) is 2.48. The number of nitrogens with zero attached hydrogens (tertiary/aromatic N) is 2. The molecule has 1 aromatic heterocycles. The van der Waals surface area contributed by atoms with Crippen LogP contribution in [0, 0.1) is 17.2 Å². The predicted molar refractivity (Wildman–Crippen MR) is 64.0 cm³/mol. The zero-order chi connectivity index (χ0) is 12.4. The van der Waals surface area contributed by atoms with Crippen LogP contribution in [0.4, 0.5) is 0 Å². The summed E-state index contributed by atoms with van der Waals surface area (Å²) < 4.78 is 0. The van der Waals surface area contributed by atoms with E-state index in [1.54, 1.807) is 6.07 Å². The van der Waals surface area contributed by atoms with Gasteiger partial charge in [0.05, 0.1) is 13.2 Å². The molecule has 0 N–H and O–H groups in total. The van der Waals surface area contributed by atoms with Gasteiger partial charge in [0.25, 0.3) is 0 Å². The molecule has 0 saturated heterocycles. The normalized spacial score (nSPS) is 16.3. The van der Waals surface area contributed by atoms with Crippen LogP contribution in [-0.4, -0.2) is 18.1 Å². The van der Waals surface area contributed by atoms with Crippen LogP contribution in [-0.2, 0) is 9.63 Å². The second-order valence-electron chi connectivity index (χ2n) is 4.11. The van der Waals surface area contributed by atoms with Crippen molar-refractivity contribution in [2.75, 3.05) is 7.11 Å². The molecule has 1 aromatic rings. The molecule has 1 fully saturated rings. The Balaban J connectivity index is 2.13. The fraction of sp³-hybridized carbons (Fsp3) is 0.500. The third-order valence-electron chi connectivity index (χ3n) is 2.84. The number of rotatable bonds is 4. The van der Waals surface area contributed by atoms with Gasteiger partial charge in [0.2, 0.25) is 5.91 Å². The van der Waals surface area contributed by atoms with Crippen molar-refractivity contribution < 1.29 is 9.63 Å². The first kappa shape index (κ1) is 12.1. The lowest BCUT2D eigenvalue weighted by molar-refractivity contribution is -0.189. The molecule has 1 saturated carbocycles. The summed E-state index contributed by atoms with van der Waals surface area (Å²) in [5.41, 5.74) is 0. The molecule has 0 spiro atoms. The molecule has 2 rings (SSSR count). The Kier molecular flexibility index (Phi) is 3.46. The van der Waals surface area contributed by atoms with Gasteiger partial charge < -0.3 is 0 Å². The minimum atomic E-state index is -0.139. The van der Waals surface area contributed by atoms with Crippen molar-refractivity contribution in [3.8, 4) is 6.07 Å². The Morgan fingerprint density at radius 2 is 2.35 bits per heavy atom. The molecular weight excluding hydrogens is 236 g/mol. The summed E-state index contributed by atoms with van der Waals surface area (Å²) in [7, 11) is 1.51. The highest BCUT2D eigenvalue weighted by Crippen LogP contribution is 2.35. The van der Waals surface area contributed by atoms with Crippen molar-refractivity contribution in [3.05, 3.63) is 21.9 Å². The average Bonchev–Trinajstić information content (AvgIpc) is 3.07. The molecule has 1 aliphatic rings. The van der Waals surface area contributed by atoms with Gasteiger partial charge in [-0.2, -0.15) is 5.26 Å². The van der Waals surface area contributed by atoms with Gasteiger partial charge in [-0.25, -0.2) is 5.06 Å². The first-order valence-corrected chi connectivity index (χ1v) is 6.36. The monoisotopic (exact) mass is 250 g/mol. The Morgan fingerprint density at radius 3 is 2.82 bits per heavy atom. The molecule has 4 nitrogen and oxygen atoms in total. The van der Waals surface area contributed by atoms with E-state index in [0.717, 1.165) is 17.7 Å². The van der Waals surface area contributed by atoms with E-state index in [2.05, 4.69) is 6.07 Å². The highest BCUT2D eigenvalue weighted by molar-refractivity contribution is 7.12. The fourth-order valence-electron chi connectivity index (χ4n) is 1.70. The zero-order valence-electron chi connectivity index (χ0n) is 9.84. The maximum Gasteiger partial charge on any atom is 0.249 e. The lowest BCUT2D eigenvalue weighted by Gasteiger charge is -2.25. The first-order chi connectivity index (χ1) is 8.17. The van der Waals surface area contributed by atoms with Gasteiger partial charge in [0, 0.05) is 10.8 Å². The summed E-state index contributed by atoms with van der Waals surface area (Å²) >= 11 is 1.40. The van der Waals surface area contributed by atoms with Gasteiger partial charge in [-0.3, -0.25) is 9.63 Å². The van der Waals surface area contributed by atoms with Crippen LogP contribution in [0.3, 0.4) is 0 Å². The van der Waals surface area contributed by atoms with Gasteiger partial charge in [-0.1, -0.05) is 0 Å². The average molecular weight is 250 g/mol. The Bertz CT molecular complexity index is 459. The SMILES string of the molecule is CON(C(=O)C1CC1)C(C)c1ccc(C#N)s1. The largest absolute Gasteiger partial charge is 0.274 e. The lowest BCUT2D eigenvalue weighted by Crippen LogP contribution is -2.33. The Morgan fingerprint density at radius 1 is 1.65 bits per heavy atom. The van der Waals surface area contributed by atoms with Crippen LogP contribution in [0.1, 0.15) is 35.6 Å². The molecule has 0 aliphatic heterocycles. The zero-order valence-corrected chi connectivity index (χ0v) is 10.7. The molecule has 0 radical (unpaired) electrons. The molecule has 5 heteroatoms. The second kappa shape index (κ2) is 4.86. The van der Waals surface area contributed by atoms with Crippen molar-refractivity contribution >= 4 is 17.2 Å². The molecule has 1 atom stereocenters. The number of carbonyl (C=O) groups is 1. The van der Waals surface area contributed by atoms with Crippen molar-refractivity contribution in [1.82, 2.24) is 5.06 Å². The van der Waals surface area contributed by atoms with Crippen molar-refractivity contribution in [3.63, 3.8) is 0 Å². The smallest absolute Gasteiger partial charge is 0.249 e. The van der Waals surface area contributed by atoms with Gasteiger partial charge in [0.1, 0.15) is 10.9 Å². The van der Waals surface area contributed by atoms with Gasteiger partial charge in [-0.15, -0.1) is 11.3 Å². The summed E-state index contributed by atoms with van der Waals surface area (Å²) in [5, 5.41) is 10.2. The van der Waals surface area contributed by atoms with Crippen LogP contribution in [0.5, 0.6) is 0 Å². The summed E-state index contributed by atoms with van der Waals surface area (Å²) in [6, 6.07) is 5.60. The Labute approximate surface area is 104 Å². The number of hydrogen-bond acceptors (Lipinski definition) is 4. The van der Waals surface area contributed by atoms with Crippen LogP contribution in [0.25, 0.3) is 0 Å². The molecule has 0 bridgehead atoms. The van der Waals surface area contributed by atoms with E-state index in [0.29, 0.717) is 4.88 Å². The van der Waals surface area contributed by atoms with E-state index in [1.807, 2.05) is 13.0 Å². The molecule has 1 amide bonds.